The van der Waals surface area contributed by atoms with Gasteiger partial charge < -0.3 is 9.88 Å². The van der Waals surface area contributed by atoms with Crippen molar-refractivity contribution < 1.29 is 9.59 Å². The number of aromatic nitrogens is 1. The highest BCUT2D eigenvalue weighted by molar-refractivity contribution is 6.30. The SMILES string of the molecule is CC(C)CCNC(=O)[C@@]1(C)Cn2c(cc3ccccc32)C(=O)N1c1ccc(Cl)cc1. The first-order chi connectivity index (χ1) is 14.3. The molecule has 0 spiro atoms. The van der Waals surface area contributed by atoms with Crippen molar-refractivity contribution in [2.45, 2.75) is 39.3 Å². The topological polar surface area (TPSA) is 54.3 Å². The van der Waals surface area contributed by atoms with E-state index in [9.17, 15) is 9.59 Å². The highest BCUT2D eigenvalue weighted by Gasteiger charge is 2.48. The molecule has 5 nitrogen and oxygen atoms in total. The van der Waals surface area contributed by atoms with Gasteiger partial charge in [-0.1, -0.05) is 43.6 Å². The Balaban J connectivity index is 1.81. The van der Waals surface area contributed by atoms with Gasteiger partial charge in [0.1, 0.15) is 11.2 Å². The van der Waals surface area contributed by atoms with E-state index in [0.29, 0.717) is 35.4 Å². The molecule has 0 saturated carbocycles. The molecule has 0 aliphatic carbocycles. The number of anilines is 1. The number of para-hydroxylation sites is 1. The fourth-order valence-electron chi connectivity index (χ4n) is 4.11. The summed E-state index contributed by atoms with van der Waals surface area (Å²) < 4.78 is 1.96. The largest absolute Gasteiger partial charge is 0.354 e. The zero-order valence-corrected chi connectivity index (χ0v) is 18.2. The Kier molecular flexibility index (Phi) is 5.33. The number of amides is 2. The molecule has 2 heterocycles. The van der Waals surface area contributed by atoms with E-state index in [1.165, 1.54) is 0 Å². The predicted molar refractivity (Wildman–Crippen MR) is 121 cm³/mol. The molecule has 4 rings (SSSR count). The van der Waals surface area contributed by atoms with Crippen molar-refractivity contribution in [3.8, 4) is 0 Å². The van der Waals surface area contributed by atoms with Gasteiger partial charge in [-0.25, -0.2) is 0 Å². The second kappa shape index (κ2) is 7.80. The van der Waals surface area contributed by atoms with Crippen LogP contribution in [0.4, 0.5) is 5.69 Å². The van der Waals surface area contributed by atoms with Crippen molar-refractivity contribution in [1.29, 1.82) is 0 Å². The van der Waals surface area contributed by atoms with Crippen molar-refractivity contribution in [3.63, 3.8) is 0 Å². The number of benzene rings is 2. The van der Waals surface area contributed by atoms with Crippen LogP contribution in [0, 0.1) is 5.92 Å². The summed E-state index contributed by atoms with van der Waals surface area (Å²) >= 11 is 6.07. The first-order valence-corrected chi connectivity index (χ1v) is 10.7. The molecule has 6 heteroatoms. The number of carbonyl (C=O) groups is 2. The van der Waals surface area contributed by atoms with Gasteiger partial charge in [-0.3, -0.25) is 14.5 Å². The maximum atomic E-state index is 13.7. The number of nitrogens with zero attached hydrogens (tertiary/aromatic N) is 2. The van der Waals surface area contributed by atoms with E-state index in [4.69, 9.17) is 11.6 Å². The van der Waals surface area contributed by atoms with Crippen molar-refractivity contribution in [2.75, 3.05) is 11.4 Å². The Morgan fingerprint density at radius 1 is 1.17 bits per heavy atom. The molecule has 1 aliphatic heterocycles. The Morgan fingerprint density at radius 2 is 1.87 bits per heavy atom. The van der Waals surface area contributed by atoms with Crippen LogP contribution in [0.1, 0.15) is 37.7 Å². The minimum Gasteiger partial charge on any atom is -0.354 e. The molecule has 0 fully saturated rings. The van der Waals surface area contributed by atoms with Gasteiger partial charge in [0.25, 0.3) is 5.91 Å². The average molecular weight is 424 g/mol. The number of hydrogen-bond acceptors (Lipinski definition) is 2. The van der Waals surface area contributed by atoms with Gasteiger partial charge in [0.05, 0.1) is 6.54 Å². The first kappa shape index (κ1) is 20.5. The summed E-state index contributed by atoms with van der Waals surface area (Å²) in [5, 5.41) is 4.63. The fourth-order valence-corrected chi connectivity index (χ4v) is 4.23. The van der Waals surface area contributed by atoms with Gasteiger partial charge in [-0.15, -0.1) is 0 Å². The summed E-state index contributed by atoms with van der Waals surface area (Å²) in [4.78, 5) is 28.7. The number of nitrogens with one attached hydrogen (secondary N) is 1. The van der Waals surface area contributed by atoms with Crippen molar-refractivity contribution in [1.82, 2.24) is 9.88 Å². The molecule has 3 aromatic rings. The minimum atomic E-state index is -1.07. The second-order valence-corrected chi connectivity index (χ2v) is 8.94. The third-order valence-corrected chi connectivity index (χ3v) is 6.03. The zero-order valence-electron chi connectivity index (χ0n) is 17.5. The van der Waals surface area contributed by atoms with Gasteiger partial charge >= 0.3 is 0 Å². The highest BCUT2D eigenvalue weighted by atomic mass is 35.5. The third kappa shape index (κ3) is 3.47. The monoisotopic (exact) mass is 423 g/mol. The number of hydrogen-bond donors (Lipinski definition) is 1. The van der Waals surface area contributed by atoms with Crippen LogP contribution in [0.3, 0.4) is 0 Å². The minimum absolute atomic E-state index is 0.158. The molecule has 1 N–H and O–H groups in total. The van der Waals surface area contributed by atoms with E-state index in [1.54, 1.807) is 29.2 Å². The molecule has 0 saturated heterocycles. The lowest BCUT2D eigenvalue weighted by Gasteiger charge is -2.44. The van der Waals surface area contributed by atoms with Crippen LogP contribution in [-0.4, -0.2) is 28.5 Å². The van der Waals surface area contributed by atoms with Crippen molar-refractivity contribution in [3.05, 3.63) is 65.3 Å². The molecular weight excluding hydrogens is 398 g/mol. The molecular formula is C24H26ClN3O2. The molecule has 1 aliphatic rings. The molecule has 30 heavy (non-hydrogen) atoms. The van der Waals surface area contributed by atoms with E-state index in [-0.39, 0.29) is 11.8 Å². The Bertz CT molecular complexity index is 1100. The molecule has 1 atom stereocenters. The van der Waals surface area contributed by atoms with Crippen LogP contribution >= 0.6 is 11.6 Å². The summed E-state index contributed by atoms with van der Waals surface area (Å²) in [6, 6.07) is 16.8. The zero-order chi connectivity index (χ0) is 21.5. The van der Waals surface area contributed by atoms with Crippen molar-refractivity contribution in [2.24, 2.45) is 5.92 Å². The highest BCUT2D eigenvalue weighted by Crippen LogP contribution is 2.36. The quantitative estimate of drug-likeness (QED) is 0.636. The first-order valence-electron chi connectivity index (χ1n) is 10.3. The van der Waals surface area contributed by atoms with Crippen LogP contribution in [0.5, 0.6) is 0 Å². The van der Waals surface area contributed by atoms with E-state index in [1.807, 2.05) is 41.8 Å². The standard InChI is InChI=1S/C24H26ClN3O2/c1-16(2)12-13-26-23(30)24(3)15-27-20-7-5-4-6-17(20)14-21(27)22(29)28(24)19-10-8-18(25)9-11-19/h4-11,14,16H,12-13,15H2,1-3H3,(H,26,30)/t24-/m1/s1. The average Bonchev–Trinajstić information content (AvgIpc) is 3.08. The summed E-state index contributed by atoms with van der Waals surface area (Å²) in [7, 11) is 0. The Hall–Kier alpha value is -2.79. The number of halogens is 1. The van der Waals surface area contributed by atoms with Gasteiger partial charge in [-0.05, 0) is 55.7 Å². The summed E-state index contributed by atoms with van der Waals surface area (Å²) in [6.07, 6.45) is 0.883. The fraction of sp³-hybridized carbons (Fsp3) is 0.333. The molecule has 156 valence electrons. The summed E-state index contributed by atoms with van der Waals surface area (Å²) in [6.45, 7) is 7.03. The lowest BCUT2D eigenvalue weighted by molar-refractivity contribution is -0.126. The maximum absolute atomic E-state index is 13.7. The molecule has 0 bridgehead atoms. The normalized spacial score (nSPS) is 18.7. The van der Waals surface area contributed by atoms with Gasteiger partial charge in [0.2, 0.25) is 5.91 Å². The lowest BCUT2D eigenvalue weighted by atomic mass is 9.93. The molecule has 0 radical (unpaired) electrons. The molecule has 1 aromatic heterocycles. The molecule has 0 unspecified atom stereocenters. The summed E-state index contributed by atoms with van der Waals surface area (Å²) in [5.74, 6) is 0.134. The number of fused-ring (bicyclic) bond motifs is 3. The predicted octanol–water partition coefficient (Wildman–Crippen LogP) is 4.88. The lowest BCUT2D eigenvalue weighted by Crippen LogP contribution is -2.64. The smallest absolute Gasteiger partial charge is 0.275 e. The maximum Gasteiger partial charge on any atom is 0.275 e. The van der Waals surface area contributed by atoms with Gasteiger partial charge in [0.15, 0.2) is 0 Å². The third-order valence-electron chi connectivity index (χ3n) is 5.77. The van der Waals surface area contributed by atoms with Crippen LogP contribution < -0.4 is 10.2 Å². The van der Waals surface area contributed by atoms with Crippen LogP contribution in [-0.2, 0) is 11.3 Å². The van der Waals surface area contributed by atoms with E-state index >= 15 is 0 Å². The van der Waals surface area contributed by atoms with E-state index in [2.05, 4.69) is 19.2 Å². The van der Waals surface area contributed by atoms with Crippen LogP contribution in [0.15, 0.2) is 54.6 Å². The van der Waals surface area contributed by atoms with Crippen LogP contribution in [0.2, 0.25) is 5.02 Å². The molecule has 2 amide bonds. The molecule has 2 aromatic carbocycles. The van der Waals surface area contributed by atoms with E-state index < -0.39 is 5.54 Å². The number of carbonyl (C=O) groups excluding carboxylic acids is 2. The number of rotatable bonds is 5. The van der Waals surface area contributed by atoms with E-state index in [0.717, 1.165) is 17.3 Å². The van der Waals surface area contributed by atoms with Crippen LogP contribution in [0.25, 0.3) is 10.9 Å². The van der Waals surface area contributed by atoms with Crippen molar-refractivity contribution >= 4 is 40.0 Å². The Morgan fingerprint density at radius 3 is 2.57 bits per heavy atom. The Labute approximate surface area is 181 Å². The second-order valence-electron chi connectivity index (χ2n) is 8.50. The van der Waals surface area contributed by atoms with Gasteiger partial charge in [-0.2, -0.15) is 0 Å². The summed E-state index contributed by atoms with van der Waals surface area (Å²) in [5.41, 5.74) is 1.12. The van der Waals surface area contributed by atoms with Gasteiger partial charge in [0, 0.05) is 28.2 Å².